The highest BCUT2D eigenvalue weighted by Crippen LogP contribution is 2.13. The Morgan fingerprint density at radius 2 is 1.60 bits per heavy atom. The van der Waals surface area contributed by atoms with Crippen LogP contribution in [-0.2, 0) is 4.74 Å². The van der Waals surface area contributed by atoms with Gasteiger partial charge < -0.3 is 19.7 Å². The summed E-state index contributed by atoms with van der Waals surface area (Å²) in [5.74, 6) is 0. The van der Waals surface area contributed by atoms with Crippen LogP contribution in [0.4, 0.5) is 5.69 Å². The molecule has 0 atom stereocenters. The summed E-state index contributed by atoms with van der Waals surface area (Å²) in [6.45, 7) is 3.75. The zero-order valence-corrected chi connectivity index (χ0v) is 8.67. The molecule has 1 aromatic rings. The summed E-state index contributed by atoms with van der Waals surface area (Å²) < 4.78 is 5.28. The minimum absolute atomic E-state index is 0.750. The summed E-state index contributed by atoms with van der Waals surface area (Å²) >= 11 is 0. The molecule has 0 aliphatic carbocycles. The summed E-state index contributed by atoms with van der Waals surface area (Å²) in [7, 11) is -0.750. The summed E-state index contributed by atoms with van der Waals surface area (Å²) in [4.78, 5) is 2.35. The molecule has 5 heteroatoms. The molecule has 1 aliphatic heterocycles. The Hall–Kier alpha value is -1.04. The summed E-state index contributed by atoms with van der Waals surface area (Å²) in [6, 6.07) is 10.5. The molecule has 0 saturated carbocycles. The molecule has 2 rings (SSSR count). The molecule has 0 amide bonds. The second-order valence-electron chi connectivity index (χ2n) is 3.08. The number of benzene rings is 1. The SMILES string of the molecule is OBO.c1ccc(N2CCOCC2)cc1. The molecule has 1 heterocycles. The van der Waals surface area contributed by atoms with Gasteiger partial charge in [-0.3, -0.25) is 0 Å². The van der Waals surface area contributed by atoms with E-state index in [1.54, 1.807) is 0 Å². The Bertz CT molecular complexity index is 252. The number of rotatable bonds is 1. The normalized spacial score (nSPS) is 15.2. The number of anilines is 1. The highest BCUT2D eigenvalue weighted by molar-refractivity contribution is 6.13. The fourth-order valence-corrected chi connectivity index (χ4v) is 1.46. The predicted molar refractivity (Wildman–Crippen MR) is 61.1 cm³/mol. The van der Waals surface area contributed by atoms with Gasteiger partial charge in [0.15, 0.2) is 0 Å². The third-order valence-electron chi connectivity index (χ3n) is 2.13. The number of para-hydroxylation sites is 1. The maximum absolute atomic E-state index is 7.12. The van der Waals surface area contributed by atoms with E-state index in [2.05, 4.69) is 29.2 Å². The summed E-state index contributed by atoms with van der Waals surface area (Å²) in [5.41, 5.74) is 1.31. The molecule has 82 valence electrons. The van der Waals surface area contributed by atoms with Gasteiger partial charge in [0.2, 0.25) is 0 Å². The average Bonchev–Trinajstić information content (AvgIpc) is 2.32. The van der Waals surface area contributed by atoms with Crippen LogP contribution in [0.25, 0.3) is 0 Å². The Kier molecular flexibility index (Phi) is 5.84. The lowest BCUT2D eigenvalue weighted by Crippen LogP contribution is -2.36. The van der Waals surface area contributed by atoms with Crippen LogP contribution >= 0.6 is 0 Å². The van der Waals surface area contributed by atoms with Crippen molar-refractivity contribution in [2.24, 2.45) is 0 Å². The first-order chi connectivity index (χ1) is 7.38. The van der Waals surface area contributed by atoms with E-state index < -0.39 is 7.69 Å². The number of hydrogen-bond donors (Lipinski definition) is 2. The van der Waals surface area contributed by atoms with E-state index in [9.17, 15) is 0 Å². The van der Waals surface area contributed by atoms with Gasteiger partial charge in [0, 0.05) is 18.8 Å². The highest BCUT2D eigenvalue weighted by atomic mass is 16.5. The average molecular weight is 209 g/mol. The summed E-state index contributed by atoms with van der Waals surface area (Å²) in [6.07, 6.45) is 0. The first kappa shape index (κ1) is 12.0. The van der Waals surface area contributed by atoms with Gasteiger partial charge in [-0.1, -0.05) is 18.2 Å². The largest absolute Gasteiger partial charge is 0.432 e. The first-order valence-corrected chi connectivity index (χ1v) is 4.98. The van der Waals surface area contributed by atoms with Crippen molar-refractivity contribution in [1.82, 2.24) is 0 Å². The molecular formula is C10H16BNO3. The molecule has 15 heavy (non-hydrogen) atoms. The van der Waals surface area contributed by atoms with Crippen LogP contribution in [-0.4, -0.2) is 44.0 Å². The van der Waals surface area contributed by atoms with Gasteiger partial charge in [0.25, 0.3) is 0 Å². The van der Waals surface area contributed by atoms with Gasteiger partial charge in [-0.25, -0.2) is 0 Å². The van der Waals surface area contributed by atoms with Gasteiger partial charge in [-0.05, 0) is 12.1 Å². The zero-order valence-electron chi connectivity index (χ0n) is 8.67. The lowest BCUT2D eigenvalue weighted by molar-refractivity contribution is 0.122. The van der Waals surface area contributed by atoms with Crippen molar-refractivity contribution in [1.29, 1.82) is 0 Å². The third-order valence-corrected chi connectivity index (χ3v) is 2.13. The van der Waals surface area contributed by atoms with E-state index in [1.165, 1.54) is 5.69 Å². The molecule has 1 aliphatic rings. The molecule has 0 unspecified atom stereocenters. The standard InChI is InChI=1S/C10H13NO.BH3O2/c1-2-4-10(5-3-1)11-6-8-12-9-7-11;2-1-3/h1-5H,6-9H2;1-3H. The third kappa shape index (κ3) is 4.33. The van der Waals surface area contributed by atoms with Crippen molar-refractivity contribution < 1.29 is 14.8 Å². The highest BCUT2D eigenvalue weighted by Gasteiger charge is 2.09. The molecular weight excluding hydrogens is 193 g/mol. The van der Waals surface area contributed by atoms with E-state index in [0.717, 1.165) is 26.3 Å². The minimum atomic E-state index is -0.750. The van der Waals surface area contributed by atoms with Gasteiger partial charge >= 0.3 is 7.69 Å². The molecule has 0 bridgehead atoms. The molecule has 0 radical (unpaired) electrons. The topological polar surface area (TPSA) is 52.9 Å². The van der Waals surface area contributed by atoms with Crippen molar-refractivity contribution in [3.63, 3.8) is 0 Å². The number of ether oxygens (including phenoxy) is 1. The van der Waals surface area contributed by atoms with Crippen LogP contribution in [0.15, 0.2) is 30.3 Å². The molecule has 1 saturated heterocycles. The second kappa shape index (κ2) is 7.28. The zero-order chi connectivity index (χ0) is 10.9. The van der Waals surface area contributed by atoms with Crippen LogP contribution in [0.3, 0.4) is 0 Å². The van der Waals surface area contributed by atoms with Crippen LogP contribution in [0.2, 0.25) is 0 Å². The number of nitrogens with zero attached hydrogens (tertiary/aromatic N) is 1. The monoisotopic (exact) mass is 209 g/mol. The molecule has 4 nitrogen and oxygen atoms in total. The Morgan fingerprint density at radius 3 is 2.13 bits per heavy atom. The maximum atomic E-state index is 7.12. The van der Waals surface area contributed by atoms with Crippen molar-refractivity contribution in [2.45, 2.75) is 0 Å². The van der Waals surface area contributed by atoms with Crippen LogP contribution in [0.1, 0.15) is 0 Å². The van der Waals surface area contributed by atoms with Crippen molar-refractivity contribution in [3.05, 3.63) is 30.3 Å². The molecule has 1 aromatic carbocycles. The molecule has 0 spiro atoms. The van der Waals surface area contributed by atoms with Gasteiger partial charge in [-0.2, -0.15) is 0 Å². The lowest BCUT2D eigenvalue weighted by Gasteiger charge is -2.28. The minimum Gasteiger partial charge on any atom is -0.430 e. The van der Waals surface area contributed by atoms with E-state index in [1.807, 2.05) is 6.07 Å². The molecule has 2 N–H and O–H groups in total. The van der Waals surface area contributed by atoms with Crippen LogP contribution in [0.5, 0.6) is 0 Å². The van der Waals surface area contributed by atoms with Crippen molar-refractivity contribution in [2.75, 3.05) is 31.2 Å². The second-order valence-corrected chi connectivity index (χ2v) is 3.08. The smallest absolute Gasteiger partial charge is 0.430 e. The first-order valence-electron chi connectivity index (χ1n) is 4.98. The van der Waals surface area contributed by atoms with E-state index in [-0.39, 0.29) is 0 Å². The van der Waals surface area contributed by atoms with Crippen LogP contribution < -0.4 is 4.90 Å². The van der Waals surface area contributed by atoms with E-state index in [0.29, 0.717) is 0 Å². The fraction of sp³-hybridized carbons (Fsp3) is 0.400. The molecule has 0 aromatic heterocycles. The maximum Gasteiger partial charge on any atom is 0.432 e. The fourth-order valence-electron chi connectivity index (χ4n) is 1.46. The molecule has 1 fully saturated rings. The predicted octanol–water partition coefficient (Wildman–Crippen LogP) is -0.239. The lowest BCUT2D eigenvalue weighted by atomic mass is 10.3. The Morgan fingerprint density at radius 1 is 1.07 bits per heavy atom. The van der Waals surface area contributed by atoms with Crippen molar-refractivity contribution in [3.8, 4) is 0 Å². The van der Waals surface area contributed by atoms with Crippen LogP contribution in [0, 0.1) is 0 Å². The quantitative estimate of drug-likeness (QED) is 0.627. The van der Waals surface area contributed by atoms with Gasteiger partial charge in [0.1, 0.15) is 0 Å². The Balaban J connectivity index is 0.000000337. The van der Waals surface area contributed by atoms with Gasteiger partial charge in [0.05, 0.1) is 13.2 Å². The summed E-state index contributed by atoms with van der Waals surface area (Å²) in [5, 5.41) is 14.2. The van der Waals surface area contributed by atoms with Crippen molar-refractivity contribution >= 4 is 13.4 Å². The van der Waals surface area contributed by atoms with Gasteiger partial charge in [-0.15, -0.1) is 0 Å². The number of hydrogen-bond acceptors (Lipinski definition) is 4. The Labute approximate surface area is 90.4 Å². The van der Waals surface area contributed by atoms with E-state index in [4.69, 9.17) is 14.8 Å². The van der Waals surface area contributed by atoms with E-state index >= 15 is 0 Å². The number of morpholine rings is 1.